The molecular weight excluding hydrogens is 256 g/mol. The quantitative estimate of drug-likeness (QED) is 0.840. The average Bonchev–Trinajstić information content (AvgIpc) is 2.42. The number of pyridine rings is 1. The lowest BCUT2D eigenvalue weighted by Crippen LogP contribution is -2.26. The number of nitrogens with zero attached hydrogens (tertiary/aromatic N) is 1. The highest BCUT2D eigenvalue weighted by atomic mass is 32.1. The fourth-order valence-electron chi connectivity index (χ4n) is 1.82. The van der Waals surface area contributed by atoms with E-state index in [9.17, 15) is 4.79 Å². The highest BCUT2D eigenvalue weighted by Gasteiger charge is 2.08. The summed E-state index contributed by atoms with van der Waals surface area (Å²) < 4.78 is 0. The Morgan fingerprint density at radius 1 is 1.37 bits per heavy atom. The third kappa shape index (κ3) is 3.83. The van der Waals surface area contributed by atoms with E-state index in [2.05, 4.69) is 22.9 Å². The molecule has 4 heteroatoms. The van der Waals surface area contributed by atoms with Gasteiger partial charge in [-0.05, 0) is 42.7 Å². The van der Waals surface area contributed by atoms with Gasteiger partial charge in [0.05, 0.1) is 0 Å². The van der Waals surface area contributed by atoms with Crippen molar-refractivity contribution in [1.82, 2.24) is 10.3 Å². The zero-order chi connectivity index (χ0) is 13.7. The number of nitrogens with one attached hydrogen (secondary N) is 1. The summed E-state index contributed by atoms with van der Waals surface area (Å²) in [6.07, 6.45) is 4.33. The van der Waals surface area contributed by atoms with Crippen molar-refractivity contribution < 1.29 is 4.79 Å². The summed E-state index contributed by atoms with van der Waals surface area (Å²) in [5, 5.41) is 2.91. The molecule has 1 heterocycles. The van der Waals surface area contributed by atoms with Gasteiger partial charge in [-0.1, -0.05) is 12.1 Å². The van der Waals surface area contributed by atoms with E-state index >= 15 is 0 Å². The molecule has 2 aromatic rings. The Labute approximate surface area is 118 Å². The van der Waals surface area contributed by atoms with E-state index < -0.39 is 0 Å². The Hall–Kier alpha value is -1.81. The van der Waals surface area contributed by atoms with Gasteiger partial charge in [0.2, 0.25) is 0 Å². The lowest BCUT2D eigenvalue weighted by atomic mass is 10.1. The fraction of sp³-hybridized carbons (Fsp3) is 0.200. The largest absolute Gasteiger partial charge is 0.352 e. The van der Waals surface area contributed by atoms with E-state index in [1.54, 1.807) is 12.3 Å². The predicted octanol–water partition coefficient (Wildman–Crippen LogP) is 2.65. The zero-order valence-electron chi connectivity index (χ0n) is 10.8. The van der Waals surface area contributed by atoms with Crippen molar-refractivity contribution in [3.63, 3.8) is 0 Å². The molecular formula is C15H16N2OS. The van der Waals surface area contributed by atoms with Crippen molar-refractivity contribution >= 4 is 18.5 Å². The molecule has 1 aromatic heterocycles. The van der Waals surface area contributed by atoms with Crippen LogP contribution in [0.5, 0.6) is 0 Å². The van der Waals surface area contributed by atoms with Crippen LogP contribution in [0.3, 0.4) is 0 Å². The van der Waals surface area contributed by atoms with E-state index in [0.717, 1.165) is 22.4 Å². The van der Waals surface area contributed by atoms with Gasteiger partial charge in [0.1, 0.15) is 0 Å². The summed E-state index contributed by atoms with van der Waals surface area (Å²) in [6, 6.07) is 9.46. The highest BCUT2D eigenvalue weighted by molar-refractivity contribution is 7.80. The molecule has 0 aliphatic heterocycles. The molecule has 0 saturated carbocycles. The van der Waals surface area contributed by atoms with Crippen molar-refractivity contribution in [1.29, 1.82) is 0 Å². The number of thiol groups is 1. The zero-order valence-corrected chi connectivity index (χ0v) is 11.7. The average molecular weight is 272 g/mol. The Balaban J connectivity index is 1.93. The van der Waals surface area contributed by atoms with Crippen molar-refractivity contribution in [3.8, 4) is 0 Å². The first-order valence-corrected chi connectivity index (χ1v) is 6.58. The van der Waals surface area contributed by atoms with E-state index in [1.807, 2.05) is 37.4 Å². The van der Waals surface area contributed by atoms with Crippen LogP contribution in [0.15, 0.2) is 47.6 Å². The maximum Gasteiger partial charge on any atom is 0.251 e. The molecule has 0 aliphatic carbocycles. The van der Waals surface area contributed by atoms with Crippen LogP contribution in [0, 0.1) is 6.92 Å². The number of amides is 1. The smallest absolute Gasteiger partial charge is 0.251 e. The molecule has 0 fully saturated rings. The molecule has 1 aromatic carbocycles. The lowest BCUT2D eigenvalue weighted by Gasteiger charge is -2.08. The molecule has 0 unspecified atom stereocenters. The van der Waals surface area contributed by atoms with Gasteiger partial charge in [-0.15, -0.1) is 12.6 Å². The Morgan fingerprint density at radius 2 is 2.21 bits per heavy atom. The second kappa shape index (κ2) is 6.38. The highest BCUT2D eigenvalue weighted by Crippen LogP contribution is 2.13. The summed E-state index contributed by atoms with van der Waals surface area (Å²) in [6.45, 7) is 2.52. The Kier molecular flexibility index (Phi) is 4.58. The summed E-state index contributed by atoms with van der Waals surface area (Å²) >= 11 is 4.26. The van der Waals surface area contributed by atoms with Crippen LogP contribution >= 0.6 is 12.6 Å². The van der Waals surface area contributed by atoms with Gasteiger partial charge in [-0.3, -0.25) is 9.78 Å². The van der Waals surface area contributed by atoms with Crippen LogP contribution in [0.2, 0.25) is 0 Å². The first-order valence-electron chi connectivity index (χ1n) is 6.13. The van der Waals surface area contributed by atoms with E-state index in [1.165, 1.54) is 0 Å². The minimum atomic E-state index is -0.0581. The number of rotatable bonds is 4. The molecule has 2 rings (SSSR count). The molecule has 1 N–H and O–H groups in total. The van der Waals surface area contributed by atoms with Crippen LogP contribution < -0.4 is 5.32 Å². The van der Waals surface area contributed by atoms with Crippen LogP contribution in [-0.2, 0) is 6.42 Å². The Bertz CT molecular complexity index is 570. The minimum absolute atomic E-state index is 0.0581. The predicted molar refractivity (Wildman–Crippen MR) is 78.7 cm³/mol. The third-order valence-electron chi connectivity index (χ3n) is 2.89. The molecule has 19 heavy (non-hydrogen) atoms. The number of hydrogen-bond acceptors (Lipinski definition) is 3. The number of benzene rings is 1. The fourth-order valence-corrected chi connectivity index (χ4v) is 2.02. The molecule has 0 radical (unpaired) electrons. The lowest BCUT2D eigenvalue weighted by molar-refractivity contribution is 0.0953. The van der Waals surface area contributed by atoms with Gasteiger partial charge in [-0.25, -0.2) is 0 Å². The van der Waals surface area contributed by atoms with Gasteiger partial charge in [0, 0.05) is 29.4 Å². The van der Waals surface area contributed by atoms with Crippen molar-refractivity contribution in [2.24, 2.45) is 0 Å². The molecule has 1 amide bonds. The second-order valence-electron chi connectivity index (χ2n) is 4.37. The summed E-state index contributed by atoms with van der Waals surface area (Å²) in [5.74, 6) is -0.0581. The minimum Gasteiger partial charge on any atom is -0.352 e. The summed E-state index contributed by atoms with van der Waals surface area (Å²) in [7, 11) is 0. The van der Waals surface area contributed by atoms with Crippen LogP contribution in [0.25, 0.3) is 0 Å². The Morgan fingerprint density at radius 3 is 2.95 bits per heavy atom. The van der Waals surface area contributed by atoms with Crippen molar-refractivity contribution in [2.75, 3.05) is 6.54 Å². The molecule has 3 nitrogen and oxygen atoms in total. The molecule has 0 saturated heterocycles. The number of carbonyl (C=O) groups excluding carboxylic acids is 1. The standard InChI is InChI=1S/C15H16N2OS/c1-11-4-5-13(19)9-14(11)15(18)17-8-6-12-3-2-7-16-10-12/h2-5,7,9-10,19H,6,8H2,1H3,(H,17,18). The van der Waals surface area contributed by atoms with Crippen LogP contribution in [0.1, 0.15) is 21.5 Å². The molecule has 98 valence electrons. The topological polar surface area (TPSA) is 42.0 Å². The van der Waals surface area contributed by atoms with Gasteiger partial charge < -0.3 is 5.32 Å². The number of aromatic nitrogens is 1. The maximum absolute atomic E-state index is 12.0. The van der Waals surface area contributed by atoms with Gasteiger partial charge in [0.25, 0.3) is 5.91 Å². The van der Waals surface area contributed by atoms with Crippen LogP contribution in [-0.4, -0.2) is 17.4 Å². The first-order chi connectivity index (χ1) is 9.16. The SMILES string of the molecule is Cc1ccc(S)cc1C(=O)NCCc1cccnc1. The van der Waals surface area contributed by atoms with E-state index in [0.29, 0.717) is 12.1 Å². The van der Waals surface area contributed by atoms with Crippen molar-refractivity contribution in [2.45, 2.75) is 18.2 Å². The van der Waals surface area contributed by atoms with E-state index in [-0.39, 0.29) is 5.91 Å². The van der Waals surface area contributed by atoms with Gasteiger partial charge >= 0.3 is 0 Å². The van der Waals surface area contributed by atoms with Crippen molar-refractivity contribution in [3.05, 3.63) is 59.4 Å². The normalized spacial score (nSPS) is 10.2. The molecule has 0 bridgehead atoms. The number of hydrogen-bond donors (Lipinski definition) is 2. The van der Waals surface area contributed by atoms with Gasteiger partial charge in [0.15, 0.2) is 0 Å². The molecule has 0 aliphatic rings. The maximum atomic E-state index is 12.0. The first kappa shape index (κ1) is 13.6. The second-order valence-corrected chi connectivity index (χ2v) is 4.88. The summed E-state index contributed by atoms with van der Waals surface area (Å²) in [4.78, 5) is 16.9. The number of carbonyl (C=O) groups is 1. The van der Waals surface area contributed by atoms with Gasteiger partial charge in [-0.2, -0.15) is 0 Å². The number of aryl methyl sites for hydroxylation is 1. The van der Waals surface area contributed by atoms with Crippen LogP contribution in [0.4, 0.5) is 0 Å². The monoisotopic (exact) mass is 272 g/mol. The third-order valence-corrected chi connectivity index (χ3v) is 3.17. The molecule has 0 atom stereocenters. The van der Waals surface area contributed by atoms with E-state index in [4.69, 9.17) is 0 Å². The molecule has 0 spiro atoms. The summed E-state index contributed by atoms with van der Waals surface area (Å²) in [5.41, 5.74) is 2.75.